The Hall–Kier alpha value is -1.83. The number of anilines is 1. The summed E-state index contributed by atoms with van der Waals surface area (Å²) in [6, 6.07) is 1.34. The van der Waals surface area contributed by atoms with Crippen molar-refractivity contribution in [2.24, 2.45) is 0 Å². The zero-order chi connectivity index (χ0) is 13.8. The van der Waals surface area contributed by atoms with E-state index in [9.17, 15) is 18.0 Å². The Morgan fingerprint density at radius 1 is 1.44 bits per heavy atom. The van der Waals surface area contributed by atoms with E-state index in [0.29, 0.717) is 5.69 Å². The zero-order valence-corrected chi connectivity index (χ0v) is 9.45. The lowest BCUT2D eigenvalue weighted by Crippen LogP contribution is -2.19. The summed E-state index contributed by atoms with van der Waals surface area (Å²) in [5, 5.41) is 0. The molecule has 1 heterocycles. The maximum atomic E-state index is 11.6. The molecule has 1 aromatic heterocycles. The molecule has 0 aromatic carbocycles. The Morgan fingerprint density at radius 3 is 2.72 bits per heavy atom. The number of rotatable bonds is 4. The number of nitrogens with zero attached hydrogens (tertiary/aromatic N) is 1. The zero-order valence-electron chi connectivity index (χ0n) is 9.45. The number of halogens is 3. The lowest BCUT2D eigenvalue weighted by molar-refractivity contribution is -0.326. The summed E-state index contributed by atoms with van der Waals surface area (Å²) in [7, 11) is 0. The maximum Gasteiger partial charge on any atom is 0.522 e. The summed E-state index contributed by atoms with van der Waals surface area (Å²) < 4.78 is 42.9. The largest absolute Gasteiger partial charge is 0.522 e. The van der Waals surface area contributed by atoms with Crippen LogP contribution in [0.25, 0.3) is 0 Å². The van der Waals surface area contributed by atoms with Crippen LogP contribution in [0.3, 0.4) is 0 Å². The normalized spacial score (nSPS) is 11.3. The quantitative estimate of drug-likeness (QED) is 0.661. The van der Waals surface area contributed by atoms with Crippen molar-refractivity contribution < 1.29 is 27.4 Å². The van der Waals surface area contributed by atoms with E-state index in [0.717, 1.165) is 0 Å². The van der Waals surface area contributed by atoms with Gasteiger partial charge < -0.3 is 10.5 Å². The minimum absolute atomic E-state index is 0.113. The Balaban J connectivity index is 2.48. The molecule has 2 N–H and O–H groups in total. The van der Waals surface area contributed by atoms with Gasteiger partial charge in [-0.3, -0.25) is 9.72 Å². The van der Waals surface area contributed by atoms with Crippen molar-refractivity contribution in [1.82, 2.24) is 4.98 Å². The van der Waals surface area contributed by atoms with E-state index in [2.05, 4.69) is 14.5 Å². The van der Waals surface area contributed by atoms with Gasteiger partial charge in [0, 0.05) is 0 Å². The van der Waals surface area contributed by atoms with Gasteiger partial charge in [-0.1, -0.05) is 0 Å². The van der Waals surface area contributed by atoms with Crippen molar-refractivity contribution in [3.05, 3.63) is 23.5 Å². The number of aryl methyl sites for hydroxylation is 1. The highest BCUT2D eigenvalue weighted by Crippen LogP contribution is 2.16. The van der Waals surface area contributed by atoms with Gasteiger partial charge in [0.15, 0.2) is 0 Å². The number of hydrogen-bond acceptors (Lipinski definition) is 5. The number of esters is 1. The summed E-state index contributed by atoms with van der Waals surface area (Å²) >= 11 is 0. The van der Waals surface area contributed by atoms with Gasteiger partial charge in [-0.15, -0.1) is 13.2 Å². The first-order valence-electron chi connectivity index (χ1n) is 4.89. The van der Waals surface area contributed by atoms with Gasteiger partial charge in [-0.05, 0) is 13.0 Å². The number of alkyl halides is 3. The van der Waals surface area contributed by atoms with Crippen LogP contribution >= 0.6 is 0 Å². The van der Waals surface area contributed by atoms with Crippen molar-refractivity contribution in [1.29, 1.82) is 0 Å². The first-order valence-corrected chi connectivity index (χ1v) is 4.89. The lowest BCUT2D eigenvalue weighted by atomic mass is 10.2. The van der Waals surface area contributed by atoms with Crippen molar-refractivity contribution in [2.45, 2.75) is 13.3 Å². The maximum absolute atomic E-state index is 11.6. The number of nitrogens with two attached hydrogens (primary N) is 1. The second kappa shape index (κ2) is 5.67. The molecule has 0 spiro atoms. The molecule has 0 amide bonds. The van der Waals surface area contributed by atoms with E-state index in [1.807, 2.05) is 0 Å². The molecule has 0 fully saturated rings. The van der Waals surface area contributed by atoms with Crippen LogP contribution in [-0.2, 0) is 9.47 Å². The molecule has 0 atom stereocenters. The molecule has 8 heteroatoms. The van der Waals surface area contributed by atoms with Crippen LogP contribution in [0.4, 0.5) is 18.9 Å². The molecule has 0 saturated heterocycles. The first kappa shape index (κ1) is 14.2. The predicted octanol–water partition coefficient (Wildman–Crippen LogP) is 1.67. The first-order chi connectivity index (χ1) is 8.29. The van der Waals surface area contributed by atoms with Gasteiger partial charge >= 0.3 is 12.3 Å². The van der Waals surface area contributed by atoms with E-state index < -0.39 is 25.5 Å². The topological polar surface area (TPSA) is 74.4 Å². The minimum atomic E-state index is -4.74. The van der Waals surface area contributed by atoms with Crippen molar-refractivity contribution in [3.63, 3.8) is 0 Å². The van der Waals surface area contributed by atoms with Crippen LogP contribution < -0.4 is 5.73 Å². The average Bonchev–Trinajstić information content (AvgIpc) is 2.26. The predicted molar refractivity (Wildman–Crippen MR) is 55.7 cm³/mol. The molecule has 0 bridgehead atoms. The molecule has 1 rings (SSSR count). The summed E-state index contributed by atoms with van der Waals surface area (Å²) in [6.07, 6.45) is -3.38. The number of carbonyl (C=O) groups excluding carboxylic acids is 1. The van der Waals surface area contributed by atoms with Gasteiger partial charge in [-0.2, -0.15) is 0 Å². The standard InChI is InChI=1S/C10H11F3N2O3/c1-6-8(4-7(14)5-15-6)9(16)17-2-3-18-10(11,12)13/h4-5H,2-3,14H2,1H3. The third-order valence-corrected chi connectivity index (χ3v) is 1.91. The van der Waals surface area contributed by atoms with Crippen LogP contribution in [0.15, 0.2) is 12.3 Å². The number of aromatic nitrogens is 1. The fourth-order valence-corrected chi connectivity index (χ4v) is 1.13. The molecule has 18 heavy (non-hydrogen) atoms. The molecule has 100 valence electrons. The molecule has 1 aromatic rings. The van der Waals surface area contributed by atoms with Gasteiger partial charge in [0.1, 0.15) is 6.61 Å². The average molecular weight is 264 g/mol. The van der Waals surface area contributed by atoms with Crippen molar-refractivity contribution in [2.75, 3.05) is 18.9 Å². The van der Waals surface area contributed by atoms with E-state index in [1.165, 1.54) is 12.3 Å². The van der Waals surface area contributed by atoms with Crippen LogP contribution in [0.1, 0.15) is 16.1 Å². The third kappa shape index (κ3) is 4.58. The SMILES string of the molecule is Cc1ncc(N)cc1C(=O)OCCOC(F)(F)F. The number of hydrogen-bond donors (Lipinski definition) is 1. The molecule has 0 aliphatic rings. The van der Waals surface area contributed by atoms with Crippen molar-refractivity contribution >= 4 is 11.7 Å². The summed E-state index contributed by atoms with van der Waals surface area (Å²) in [6.45, 7) is 0.291. The van der Waals surface area contributed by atoms with E-state index in [1.54, 1.807) is 6.92 Å². The Bertz CT molecular complexity index is 435. The van der Waals surface area contributed by atoms with Gasteiger partial charge in [0.2, 0.25) is 0 Å². The van der Waals surface area contributed by atoms with E-state index >= 15 is 0 Å². The second-order valence-electron chi connectivity index (χ2n) is 3.33. The molecular formula is C10H11F3N2O3. The smallest absolute Gasteiger partial charge is 0.460 e. The summed E-state index contributed by atoms with van der Waals surface area (Å²) in [4.78, 5) is 15.3. The molecule has 0 saturated carbocycles. The van der Waals surface area contributed by atoms with Crippen LogP contribution in [-0.4, -0.2) is 30.5 Å². The number of ether oxygens (including phenoxy) is 2. The van der Waals surface area contributed by atoms with Gasteiger partial charge in [0.25, 0.3) is 0 Å². The van der Waals surface area contributed by atoms with Gasteiger partial charge in [-0.25, -0.2) is 4.79 Å². The molecule has 5 nitrogen and oxygen atoms in total. The highest BCUT2D eigenvalue weighted by molar-refractivity contribution is 5.91. The highest BCUT2D eigenvalue weighted by atomic mass is 19.4. The number of pyridine rings is 1. The second-order valence-corrected chi connectivity index (χ2v) is 3.33. The van der Waals surface area contributed by atoms with Crippen LogP contribution in [0.2, 0.25) is 0 Å². The molecule has 0 aliphatic carbocycles. The van der Waals surface area contributed by atoms with E-state index in [4.69, 9.17) is 5.73 Å². The number of carbonyl (C=O) groups is 1. The fraction of sp³-hybridized carbons (Fsp3) is 0.400. The van der Waals surface area contributed by atoms with Crippen LogP contribution in [0, 0.1) is 6.92 Å². The van der Waals surface area contributed by atoms with Gasteiger partial charge in [0.05, 0.1) is 29.7 Å². The molecule has 0 unspecified atom stereocenters. The monoisotopic (exact) mass is 264 g/mol. The molecular weight excluding hydrogens is 253 g/mol. The fourth-order valence-electron chi connectivity index (χ4n) is 1.13. The summed E-state index contributed by atoms with van der Waals surface area (Å²) in [5.74, 6) is -0.793. The number of nitrogen functional groups attached to an aromatic ring is 1. The Kier molecular flexibility index (Phi) is 4.49. The molecule has 0 aliphatic heterocycles. The van der Waals surface area contributed by atoms with Crippen LogP contribution in [0.5, 0.6) is 0 Å². The Labute approximate surface area is 101 Å². The highest BCUT2D eigenvalue weighted by Gasteiger charge is 2.28. The van der Waals surface area contributed by atoms with E-state index in [-0.39, 0.29) is 11.3 Å². The van der Waals surface area contributed by atoms with Crippen molar-refractivity contribution in [3.8, 4) is 0 Å². The molecule has 0 radical (unpaired) electrons. The Morgan fingerprint density at radius 2 is 2.11 bits per heavy atom. The summed E-state index contributed by atoms with van der Waals surface area (Å²) in [5.41, 5.74) is 6.19. The minimum Gasteiger partial charge on any atom is -0.460 e. The lowest BCUT2D eigenvalue weighted by Gasteiger charge is -2.09. The third-order valence-electron chi connectivity index (χ3n) is 1.91.